The largest absolute Gasteiger partial charge is 0.351 e. The van der Waals surface area contributed by atoms with Gasteiger partial charge in [0.05, 0.1) is 0 Å². The molecule has 0 spiro atoms. The van der Waals surface area contributed by atoms with Crippen molar-refractivity contribution in [3.8, 4) is 6.19 Å². The molecule has 0 radical (unpaired) electrons. The monoisotopic (exact) mass is 523 g/mol. The van der Waals surface area contributed by atoms with Crippen molar-refractivity contribution < 1.29 is 18.4 Å². The Balaban J connectivity index is 1.74. The van der Waals surface area contributed by atoms with Crippen LogP contribution in [0.2, 0.25) is 0 Å². The number of hydrogen-bond acceptors (Lipinski definition) is 5. The van der Waals surface area contributed by atoms with Crippen molar-refractivity contribution in [2.45, 2.75) is 88.8 Å². The van der Waals surface area contributed by atoms with Crippen molar-refractivity contribution >= 4 is 17.5 Å². The highest BCUT2D eigenvalue weighted by molar-refractivity contribution is 6.04. The number of aromatic nitrogens is 1. The third-order valence-electron chi connectivity index (χ3n) is 7.49. The van der Waals surface area contributed by atoms with Crippen molar-refractivity contribution in [1.29, 1.82) is 5.26 Å². The summed E-state index contributed by atoms with van der Waals surface area (Å²) in [5.74, 6) is -3.53. The first-order valence-electron chi connectivity index (χ1n) is 13.2. The van der Waals surface area contributed by atoms with Gasteiger partial charge in [-0.25, -0.2) is 8.78 Å². The predicted molar refractivity (Wildman–Crippen MR) is 140 cm³/mol. The number of carbonyl (C=O) groups excluding carboxylic acids is 2. The molecule has 38 heavy (non-hydrogen) atoms. The molecule has 1 aromatic carbocycles. The van der Waals surface area contributed by atoms with Gasteiger partial charge >= 0.3 is 0 Å². The second-order valence-electron chi connectivity index (χ2n) is 11.3. The van der Waals surface area contributed by atoms with Crippen LogP contribution in [0.3, 0.4) is 0 Å². The van der Waals surface area contributed by atoms with E-state index in [2.05, 4.69) is 37.3 Å². The highest BCUT2D eigenvalue weighted by Gasteiger charge is 2.42. The Kier molecular flexibility index (Phi) is 8.00. The molecule has 2 atom stereocenters. The van der Waals surface area contributed by atoms with Crippen LogP contribution in [0.4, 0.5) is 14.5 Å². The van der Waals surface area contributed by atoms with Crippen LogP contribution < -0.4 is 10.2 Å². The average molecular weight is 524 g/mol. The van der Waals surface area contributed by atoms with E-state index in [9.17, 15) is 23.6 Å². The fraction of sp³-hybridized carbons (Fsp3) is 0.517. The summed E-state index contributed by atoms with van der Waals surface area (Å²) < 4.78 is 27.5. The number of hydrogen-bond donors (Lipinski definition) is 1. The van der Waals surface area contributed by atoms with Crippen molar-refractivity contribution in [3.05, 3.63) is 59.9 Å². The van der Waals surface area contributed by atoms with Crippen molar-refractivity contribution in [2.24, 2.45) is 0 Å². The lowest BCUT2D eigenvalue weighted by molar-refractivity contribution is -0.129. The van der Waals surface area contributed by atoms with Crippen LogP contribution in [0.1, 0.15) is 76.5 Å². The molecule has 202 valence electrons. The maximum absolute atomic E-state index is 14.1. The highest BCUT2D eigenvalue weighted by atomic mass is 19.3. The number of nitrogens with zero attached hydrogens (tertiary/aromatic N) is 4. The topological polar surface area (TPSA) is 89.3 Å². The molecule has 7 nitrogen and oxygen atoms in total. The van der Waals surface area contributed by atoms with Crippen LogP contribution in [0, 0.1) is 11.5 Å². The first-order valence-corrected chi connectivity index (χ1v) is 13.2. The third-order valence-corrected chi connectivity index (χ3v) is 7.49. The van der Waals surface area contributed by atoms with Gasteiger partial charge in [-0.15, -0.1) is 0 Å². The Morgan fingerprint density at radius 3 is 2.42 bits per heavy atom. The number of benzene rings is 1. The van der Waals surface area contributed by atoms with Crippen LogP contribution in [0.5, 0.6) is 0 Å². The van der Waals surface area contributed by atoms with Crippen LogP contribution in [-0.4, -0.2) is 46.2 Å². The summed E-state index contributed by atoms with van der Waals surface area (Å²) in [5.41, 5.74) is 1.98. The number of amides is 2. The molecule has 2 fully saturated rings. The number of alkyl halides is 2. The number of anilines is 1. The summed E-state index contributed by atoms with van der Waals surface area (Å²) in [4.78, 5) is 35.1. The lowest BCUT2D eigenvalue weighted by Gasteiger charge is -2.36. The van der Waals surface area contributed by atoms with E-state index in [4.69, 9.17) is 0 Å². The summed E-state index contributed by atoms with van der Waals surface area (Å²) >= 11 is 0. The Labute approximate surface area is 222 Å². The van der Waals surface area contributed by atoms with Gasteiger partial charge in [-0.05, 0) is 54.9 Å². The molecule has 1 saturated carbocycles. The Morgan fingerprint density at radius 2 is 1.84 bits per heavy atom. The van der Waals surface area contributed by atoms with E-state index in [-0.39, 0.29) is 37.0 Å². The zero-order valence-corrected chi connectivity index (χ0v) is 22.2. The van der Waals surface area contributed by atoms with E-state index < -0.39 is 30.0 Å². The fourth-order valence-electron chi connectivity index (χ4n) is 5.25. The molecule has 2 amide bonds. The maximum atomic E-state index is 14.1. The lowest BCUT2D eigenvalue weighted by atomic mass is 9.87. The van der Waals surface area contributed by atoms with Gasteiger partial charge in [-0.2, -0.15) is 5.26 Å². The maximum Gasteiger partial charge on any atom is 0.251 e. The molecule has 2 heterocycles. The predicted octanol–water partition coefficient (Wildman–Crippen LogP) is 5.09. The number of nitriles is 1. The number of nitrogens with one attached hydrogen (secondary N) is 1. The third kappa shape index (κ3) is 6.12. The standard InChI is InChI=1S/C29H35F2N5O2/c1-28(2,3)21-8-10-23(11-9-21)36(27(38)24-7-5-17-35(24)19-32)25(20-6-4-16-33-18-20)26(37)34-22-12-14-29(30,31)15-13-22/h4,6,8-11,16,18,22,24-25H,5,7,12-15,17H2,1-3H3,(H,34,37). The van der Waals surface area contributed by atoms with Crippen LogP contribution in [0.15, 0.2) is 48.8 Å². The van der Waals surface area contributed by atoms with Crippen molar-refractivity contribution in [2.75, 3.05) is 11.4 Å². The molecule has 4 rings (SSSR count). The number of halogens is 2. The molecule has 9 heteroatoms. The second-order valence-corrected chi connectivity index (χ2v) is 11.3. The minimum absolute atomic E-state index is 0.112. The second kappa shape index (κ2) is 11.1. The van der Waals surface area contributed by atoms with Gasteiger partial charge in [0.2, 0.25) is 11.8 Å². The van der Waals surface area contributed by atoms with E-state index in [0.717, 1.165) is 5.56 Å². The summed E-state index contributed by atoms with van der Waals surface area (Å²) in [6.07, 6.45) is 6.19. The zero-order valence-electron chi connectivity index (χ0n) is 22.2. The summed E-state index contributed by atoms with van der Waals surface area (Å²) in [6.45, 7) is 6.75. The summed E-state index contributed by atoms with van der Waals surface area (Å²) in [5, 5.41) is 12.6. The Morgan fingerprint density at radius 1 is 1.16 bits per heavy atom. The molecule has 1 aliphatic carbocycles. The minimum Gasteiger partial charge on any atom is -0.351 e. The molecular weight excluding hydrogens is 488 g/mol. The molecule has 1 aliphatic heterocycles. The molecule has 1 aromatic heterocycles. The minimum atomic E-state index is -2.72. The normalized spacial score (nSPS) is 20.4. The molecule has 0 bridgehead atoms. The van der Waals surface area contributed by atoms with Gasteiger partial charge in [0.15, 0.2) is 6.19 Å². The first kappa shape index (κ1) is 27.5. The number of rotatable bonds is 6. The smallest absolute Gasteiger partial charge is 0.251 e. The Hall–Kier alpha value is -3.54. The van der Waals surface area contributed by atoms with Crippen LogP contribution >= 0.6 is 0 Å². The molecule has 2 unspecified atom stereocenters. The van der Waals surface area contributed by atoms with Gasteiger partial charge in [0, 0.05) is 49.1 Å². The average Bonchev–Trinajstić information content (AvgIpc) is 3.37. The number of likely N-dealkylation sites (tertiary alicyclic amines) is 1. The van der Waals surface area contributed by atoms with E-state index in [1.54, 1.807) is 24.5 Å². The van der Waals surface area contributed by atoms with E-state index in [1.807, 2.05) is 24.3 Å². The van der Waals surface area contributed by atoms with Crippen LogP contribution in [-0.2, 0) is 15.0 Å². The SMILES string of the molecule is CC(C)(C)c1ccc(N(C(=O)C2CCCN2C#N)C(C(=O)NC2CCC(F)(F)CC2)c2cccnc2)cc1. The van der Waals surface area contributed by atoms with E-state index >= 15 is 0 Å². The molecule has 1 saturated heterocycles. The van der Waals surface area contributed by atoms with Crippen molar-refractivity contribution in [3.63, 3.8) is 0 Å². The molecule has 1 N–H and O–H groups in total. The quantitative estimate of drug-likeness (QED) is 0.533. The van der Waals surface area contributed by atoms with E-state index in [1.165, 1.54) is 9.80 Å². The summed E-state index contributed by atoms with van der Waals surface area (Å²) in [7, 11) is 0. The number of pyridine rings is 1. The fourth-order valence-corrected chi connectivity index (χ4v) is 5.25. The highest BCUT2D eigenvalue weighted by Crippen LogP contribution is 2.35. The van der Waals surface area contributed by atoms with Gasteiger partial charge in [0.25, 0.3) is 5.91 Å². The van der Waals surface area contributed by atoms with Crippen molar-refractivity contribution in [1.82, 2.24) is 15.2 Å². The van der Waals surface area contributed by atoms with E-state index in [0.29, 0.717) is 30.6 Å². The first-order chi connectivity index (χ1) is 18.0. The van der Waals surface area contributed by atoms with Gasteiger partial charge in [0.1, 0.15) is 12.1 Å². The van der Waals surface area contributed by atoms with Crippen LogP contribution in [0.25, 0.3) is 0 Å². The number of carbonyl (C=O) groups is 2. The molecular formula is C29H35F2N5O2. The van der Waals surface area contributed by atoms with Gasteiger partial charge < -0.3 is 5.32 Å². The van der Waals surface area contributed by atoms with Gasteiger partial charge in [-0.3, -0.25) is 24.4 Å². The lowest BCUT2D eigenvalue weighted by Crippen LogP contribution is -2.52. The molecule has 2 aliphatic rings. The molecule has 2 aromatic rings. The summed E-state index contributed by atoms with van der Waals surface area (Å²) in [6, 6.07) is 8.75. The zero-order chi connectivity index (χ0) is 27.5. The van der Waals surface area contributed by atoms with Gasteiger partial charge in [-0.1, -0.05) is 39.0 Å². The Bertz CT molecular complexity index is 1160.